The number of hydrogen-bond donors (Lipinski definition) is 1. The highest BCUT2D eigenvalue weighted by molar-refractivity contribution is 5.92. The fourth-order valence-corrected chi connectivity index (χ4v) is 2.01. The van der Waals surface area contributed by atoms with Crippen LogP contribution in [0.15, 0.2) is 36.5 Å². The zero-order valence-electron chi connectivity index (χ0n) is 12.6. The van der Waals surface area contributed by atoms with Crippen molar-refractivity contribution in [3.63, 3.8) is 0 Å². The predicted molar refractivity (Wildman–Crippen MR) is 83.7 cm³/mol. The van der Waals surface area contributed by atoms with Gasteiger partial charge in [0.15, 0.2) is 0 Å². The average molecular weight is 295 g/mol. The molecule has 0 fully saturated rings. The van der Waals surface area contributed by atoms with E-state index >= 15 is 0 Å². The van der Waals surface area contributed by atoms with E-state index in [0.29, 0.717) is 36.0 Å². The minimum absolute atomic E-state index is 0.124. The van der Waals surface area contributed by atoms with Gasteiger partial charge in [0.05, 0.1) is 11.6 Å². The second kappa shape index (κ2) is 7.18. The van der Waals surface area contributed by atoms with Gasteiger partial charge < -0.3 is 10.2 Å². The molecule has 0 unspecified atom stereocenters. The number of carbonyl (C=O) groups excluding carboxylic acids is 1. The first-order valence-electron chi connectivity index (χ1n) is 7.07. The normalized spacial score (nSPS) is 9.86. The minimum Gasteiger partial charge on any atom is -0.338 e. The Morgan fingerprint density at radius 2 is 2.09 bits per heavy atom. The van der Waals surface area contributed by atoms with E-state index in [1.165, 1.54) is 0 Å². The molecule has 0 spiro atoms. The lowest BCUT2D eigenvalue weighted by atomic mass is 10.2. The van der Waals surface area contributed by atoms with Crippen LogP contribution < -0.4 is 5.32 Å². The van der Waals surface area contributed by atoms with E-state index < -0.39 is 0 Å². The van der Waals surface area contributed by atoms with Crippen molar-refractivity contribution in [3.05, 3.63) is 47.8 Å². The largest absolute Gasteiger partial charge is 0.338 e. The summed E-state index contributed by atoms with van der Waals surface area (Å²) < 4.78 is 0. The summed E-state index contributed by atoms with van der Waals surface area (Å²) in [5, 5.41) is 11.9. The number of nitriles is 1. The minimum atomic E-state index is -0.124. The predicted octanol–water partition coefficient (Wildman–Crippen LogP) is 2.57. The van der Waals surface area contributed by atoms with Crippen LogP contribution in [0, 0.1) is 11.3 Å². The van der Waals surface area contributed by atoms with Gasteiger partial charge in [0.25, 0.3) is 5.91 Å². The van der Waals surface area contributed by atoms with E-state index in [2.05, 4.69) is 21.4 Å². The maximum absolute atomic E-state index is 12.3. The van der Waals surface area contributed by atoms with Crippen molar-refractivity contribution in [2.24, 2.45) is 0 Å². The molecule has 0 bridgehead atoms. The van der Waals surface area contributed by atoms with Gasteiger partial charge >= 0.3 is 0 Å². The van der Waals surface area contributed by atoms with E-state index in [-0.39, 0.29) is 5.91 Å². The summed E-state index contributed by atoms with van der Waals surface area (Å²) in [7, 11) is 0. The molecule has 0 aliphatic heterocycles. The van der Waals surface area contributed by atoms with Crippen LogP contribution >= 0.6 is 0 Å². The molecule has 2 rings (SSSR count). The van der Waals surface area contributed by atoms with E-state index in [9.17, 15) is 4.79 Å². The molecule has 0 radical (unpaired) electrons. The summed E-state index contributed by atoms with van der Waals surface area (Å²) in [4.78, 5) is 22.3. The SMILES string of the molecule is CCN(CC)C(=O)c1ccnc(Nc2cccc(C#N)c2)n1. The average Bonchev–Trinajstić information content (AvgIpc) is 2.56. The molecule has 0 atom stereocenters. The molecule has 112 valence electrons. The number of hydrogen-bond acceptors (Lipinski definition) is 5. The number of carbonyl (C=O) groups is 1. The Morgan fingerprint density at radius 1 is 1.32 bits per heavy atom. The van der Waals surface area contributed by atoms with Crippen LogP contribution in [0.1, 0.15) is 29.9 Å². The van der Waals surface area contributed by atoms with Gasteiger partial charge in [0, 0.05) is 25.0 Å². The summed E-state index contributed by atoms with van der Waals surface area (Å²) in [5.41, 5.74) is 1.59. The molecule has 22 heavy (non-hydrogen) atoms. The first kappa shape index (κ1) is 15.4. The van der Waals surface area contributed by atoms with E-state index in [1.54, 1.807) is 35.4 Å². The summed E-state index contributed by atoms with van der Waals surface area (Å²) >= 11 is 0. The lowest BCUT2D eigenvalue weighted by molar-refractivity contribution is 0.0767. The number of amides is 1. The molecule has 1 amide bonds. The molecule has 6 nitrogen and oxygen atoms in total. The van der Waals surface area contributed by atoms with Gasteiger partial charge in [-0.1, -0.05) is 6.07 Å². The monoisotopic (exact) mass is 295 g/mol. The molecule has 2 aromatic rings. The van der Waals surface area contributed by atoms with Gasteiger partial charge in [-0.15, -0.1) is 0 Å². The second-order valence-corrected chi connectivity index (χ2v) is 4.56. The molecule has 1 heterocycles. The van der Waals surface area contributed by atoms with E-state index in [0.717, 1.165) is 0 Å². The fourth-order valence-electron chi connectivity index (χ4n) is 2.01. The Bertz CT molecular complexity index is 704. The lowest BCUT2D eigenvalue weighted by Gasteiger charge is -2.18. The maximum Gasteiger partial charge on any atom is 0.272 e. The van der Waals surface area contributed by atoms with Crippen molar-refractivity contribution in [2.45, 2.75) is 13.8 Å². The molecule has 0 saturated carbocycles. The number of nitrogens with one attached hydrogen (secondary N) is 1. The van der Waals surface area contributed by atoms with Gasteiger partial charge in [-0.3, -0.25) is 4.79 Å². The highest BCUT2D eigenvalue weighted by Gasteiger charge is 2.14. The summed E-state index contributed by atoms with van der Waals surface area (Å²) in [5.74, 6) is 0.203. The molecular weight excluding hydrogens is 278 g/mol. The number of nitrogens with zero attached hydrogens (tertiary/aromatic N) is 4. The smallest absolute Gasteiger partial charge is 0.272 e. The van der Waals surface area contributed by atoms with Crippen molar-refractivity contribution in [1.82, 2.24) is 14.9 Å². The standard InChI is InChI=1S/C16H17N5O/c1-3-21(4-2)15(22)14-8-9-18-16(20-14)19-13-7-5-6-12(10-13)11-17/h5-10H,3-4H2,1-2H3,(H,18,19,20). The quantitative estimate of drug-likeness (QED) is 0.916. The highest BCUT2D eigenvalue weighted by Crippen LogP contribution is 2.14. The van der Waals surface area contributed by atoms with Gasteiger partial charge in [0.2, 0.25) is 5.95 Å². The molecule has 6 heteroatoms. The molecule has 0 saturated heterocycles. The topological polar surface area (TPSA) is 81.9 Å². The van der Waals surface area contributed by atoms with Crippen molar-refractivity contribution < 1.29 is 4.79 Å². The Morgan fingerprint density at radius 3 is 2.77 bits per heavy atom. The Kier molecular flexibility index (Phi) is 5.04. The summed E-state index contributed by atoms with van der Waals surface area (Å²) in [6.07, 6.45) is 1.54. The number of benzene rings is 1. The number of aromatic nitrogens is 2. The maximum atomic E-state index is 12.3. The molecular formula is C16H17N5O. The van der Waals surface area contributed by atoms with Crippen LogP contribution in [0.25, 0.3) is 0 Å². The molecule has 1 N–H and O–H groups in total. The molecule has 0 aliphatic rings. The molecule has 0 aliphatic carbocycles. The Hall–Kier alpha value is -2.94. The van der Waals surface area contributed by atoms with Crippen LogP contribution in [0.2, 0.25) is 0 Å². The molecule has 1 aromatic heterocycles. The Labute approximate surface area is 129 Å². The third-order valence-electron chi connectivity index (χ3n) is 3.17. The number of rotatable bonds is 5. The van der Waals surface area contributed by atoms with E-state index in [1.807, 2.05) is 19.9 Å². The first-order valence-corrected chi connectivity index (χ1v) is 7.07. The summed E-state index contributed by atoms with van der Waals surface area (Å²) in [6, 6.07) is 10.7. The van der Waals surface area contributed by atoms with E-state index in [4.69, 9.17) is 5.26 Å². The van der Waals surface area contributed by atoms with Gasteiger partial charge in [0.1, 0.15) is 5.69 Å². The summed E-state index contributed by atoms with van der Waals surface area (Å²) in [6.45, 7) is 5.11. The zero-order chi connectivity index (χ0) is 15.9. The Balaban J connectivity index is 2.21. The van der Waals surface area contributed by atoms with Crippen molar-refractivity contribution >= 4 is 17.5 Å². The lowest BCUT2D eigenvalue weighted by Crippen LogP contribution is -2.31. The van der Waals surface area contributed by atoms with Crippen molar-refractivity contribution in [1.29, 1.82) is 5.26 Å². The van der Waals surface area contributed by atoms with Gasteiger partial charge in [-0.25, -0.2) is 9.97 Å². The van der Waals surface area contributed by atoms with Crippen LogP contribution in [-0.4, -0.2) is 33.9 Å². The number of anilines is 2. The zero-order valence-corrected chi connectivity index (χ0v) is 12.6. The van der Waals surface area contributed by atoms with Crippen molar-refractivity contribution in [2.75, 3.05) is 18.4 Å². The van der Waals surface area contributed by atoms with Gasteiger partial charge in [-0.05, 0) is 38.1 Å². The fraction of sp³-hybridized carbons (Fsp3) is 0.250. The van der Waals surface area contributed by atoms with Crippen LogP contribution in [0.4, 0.5) is 11.6 Å². The van der Waals surface area contributed by atoms with Crippen LogP contribution in [-0.2, 0) is 0 Å². The highest BCUT2D eigenvalue weighted by atomic mass is 16.2. The van der Waals surface area contributed by atoms with Crippen molar-refractivity contribution in [3.8, 4) is 6.07 Å². The van der Waals surface area contributed by atoms with Gasteiger partial charge in [-0.2, -0.15) is 5.26 Å². The third-order valence-corrected chi connectivity index (χ3v) is 3.17. The third kappa shape index (κ3) is 3.58. The van der Waals surface area contributed by atoms with Crippen LogP contribution in [0.3, 0.4) is 0 Å². The van der Waals surface area contributed by atoms with Crippen LogP contribution in [0.5, 0.6) is 0 Å². The first-order chi connectivity index (χ1) is 10.7. The molecule has 1 aromatic carbocycles. The second-order valence-electron chi connectivity index (χ2n) is 4.56.